The van der Waals surface area contributed by atoms with Crippen LogP contribution >= 0.6 is 0 Å². The van der Waals surface area contributed by atoms with Gasteiger partial charge in [0.1, 0.15) is 0 Å². The van der Waals surface area contributed by atoms with Crippen molar-refractivity contribution in [3.63, 3.8) is 0 Å². The summed E-state index contributed by atoms with van der Waals surface area (Å²) in [4.78, 5) is 0. The van der Waals surface area contributed by atoms with Crippen molar-refractivity contribution < 1.29 is 8.42 Å². The van der Waals surface area contributed by atoms with Gasteiger partial charge >= 0.3 is 0 Å². The lowest BCUT2D eigenvalue weighted by molar-refractivity contribution is 0.579. The quantitative estimate of drug-likeness (QED) is 0.826. The number of sulfone groups is 1. The Hall–Kier alpha value is -1.34. The number of rotatable bonds is 3. The van der Waals surface area contributed by atoms with Gasteiger partial charge in [-0.3, -0.25) is 0 Å². The van der Waals surface area contributed by atoms with Crippen LogP contribution in [0.2, 0.25) is 0 Å². The Kier molecular flexibility index (Phi) is 3.49. The van der Waals surface area contributed by atoms with Crippen LogP contribution in [-0.4, -0.2) is 13.7 Å². The summed E-state index contributed by atoms with van der Waals surface area (Å²) in [7, 11) is -3.10. The molecule has 0 spiro atoms. The second-order valence-electron chi connectivity index (χ2n) is 4.48. The van der Waals surface area contributed by atoms with Crippen LogP contribution in [0, 0.1) is 11.3 Å². The summed E-state index contributed by atoms with van der Waals surface area (Å²) < 4.78 is 24.3. The lowest BCUT2D eigenvalue weighted by Gasteiger charge is -2.11. The summed E-state index contributed by atoms with van der Waals surface area (Å²) in [6, 6.07) is 8.97. The van der Waals surface area contributed by atoms with E-state index >= 15 is 0 Å². The van der Waals surface area contributed by atoms with Gasteiger partial charge in [0.2, 0.25) is 0 Å². The predicted octanol–water partition coefficient (Wildman–Crippen LogP) is 2.42. The zero-order valence-corrected chi connectivity index (χ0v) is 10.4. The van der Waals surface area contributed by atoms with E-state index in [-0.39, 0.29) is 11.0 Å². The first-order chi connectivity index (χ1) is 8.13. The molecular weight excluding hydrogens is 234 g/mol. The van der Waals surface area contributed by atoms with Gasteiger partial charge in [0.25, 0.3) is 0 Å². The zero-order valence-electron chi connectivity index (χ0n) is 9.59. The Morgan fingerprint density at radius 2 is 1.88 bits per heavy atom. The maximum atomic E-state index is 12.2. The zero-order chi connectivity index (χ0) is 12.3. The highest BCUT2D eigenvalue weighted by Gasteiger charge is 2.29. The molecule has 1 aromatic carbocycles. The van der Waals surface area contributed by atoms with Gasteiger partial charge in [-0.25, -0.2) is 8.42 Å². The van der Waals surface area contributed by atoms with E-state index in [0.717, 1.165) is 25.7 Å². The smallest absolute Gasteiger partial charge is 0.157 e. The van der Waals surface area contributed by atoms with Crippen molar-refractivity contribution in [3.8, 4) is 6.07 Å². The molecule has 0 saturated heterocycles. The number of benzene rings is 1. The number of hydrogen-bond donors (Lipinski definition) is 0. The molecule has 17 heavy (non-hydrogen) atoms. The second kappa shape index (κ2) is 4.89. The Morgan fingerprint density at radius 1 is 1.24 bits per heavy atom. The normalized spacial score (nSPS) is 16.9. The summed E-state index contributed by atoms with van der Waals surface area (Å²) in [5.74, 6) is 0.00139. The Balaban J connectivity index is 2.23. The Morgan fingerprint density at radius 3 is 2.53 bits per heavy atom. The van der Waals surface area contributed by atoms with Gasteiger partial charge in [-0.15, -0.1) is 0 Å². The molecule has 90 valence electrons. The highest BCUT2D eigenvalue weighted by molar-refractivity contribution is 7.91. The third-order valence-corrected chi connectivity index (χ3v) is 5.51. The van der Waals surface area contributed by atoms with Gasteiger partial charge in [-0.05, 0) is 24.5 Å². The molecule has 0 amide bonds. The van der Waals surface area contributed by atoms with Crippen molar-refractivity contribution in [1.82, 2.24) is 0 Å². The molecule has 1 aromatic rings. The number of hydrogen-bond acceptors (Lipinski definition) is 3. The highest BCUT2D eigenvalue weighted by atomic mass is 32.2. The minimum Gasteiger partial charge on any atom is -0.228 e. The molecule has 0 N–H and O–H groups in total. The molecule has 0 unspecified atom stereocenters. The fraction of sp³-hybridized carbons (Fsp3) is 0.462. The lowest BCUT2D eigenvalue weighted by atomic mass is 10.1. The molecule has 3 nitrogen and oxygen atoms in total. The van der Waals surface area contributed by atoms with Crippen LogP contribution in [0.5, 0.6) is 0 Å². The van der Waals surface area contributed by atoms with Crippen molar-refractivity contribution in [3.05, 3.63) is 35.4 Å². The number of nitrogens with zero attached hydrogens (tertiary/aromatic N) is 1. The maximum absolute atomic E-state index is 12.2. The van der Waals surface area contributed by atoms with Crippen molar-refractivity contribution in [2.24, 2.45) is 0 Å². The van der Waals surface area contributed by atoms with Gasteiger partial charge in [-0.1, -0.05) is 31.0 Å². The van der Waals surface area contributed by atoms with E-state index in [1.807, 2.05) is 6.07 Å². The molecule has 1 aliphatic carbocycles. The van der Waals surface area contributed by atoms with Crippen molar-refractivity contribution in [1.29, 1.82) is 5.26 Å². The summed E-state index contributed by atoms with van der Waals surface area (Å²) in [5, 5.41) is 8.74. The van der Waals surface area contributed by atoms with Gasteiger partial charge in [0.15, 0.2) is 9.84 Å². The average molecular weight is 249 g/mol. The molecule has 0 aromatic heterocycles. The first-order valence-corrected chi connectivity index (χ1v) is 7.54. The van der Waals surface area contributed by atoms with Crippen LogP contribution in [0.3, 0.4) is 0 Å². The molecule has 1 saturated carbocycles. The van der Waals surface area contributed by atoms with E-state index in [4.69, 9.17) is 5.26 Å². The first kappa shape index (κ1) is 12.1. The van der Waals surface area contributed by atoms with Crippen molar-refractivity contribution in [2.45, 2.75) is 36.7 Å². The Labute approximate surface area is 102 Å². The van der Waals surface area contributed by atoms with Crippen LogP contribution in [-0.2, 0) is 15.6 Å². The number of nitriles is 1. The van der Waals surface area contributed by atoms with E-state index in [2.05, 4.69) is 0 Å². The van der Waals surface area contributed by atoms with E-state index in [1.54, 1.807) is 24.3 Å². The molecular formula is C13H15NO2S. The average Bonchev–Trinajstić information content (AvgIpc) is 2.83. The molecule has 1 fully saturated rings. The molecule has 1 aliphatic rings. The van der Waals surface area contributed by atoms with E-state index in [9.17, 15) is 8.42 Å². The van der Waals surface area contributed by atoms with Crippen LogP contribution in [0.4, 0.5) is 0 Å². The molecule has 0 radical (unpaired) electrons. The predicted molar refractivity (Wildman–Crippen MR) is 66.0 cm³/mol. The summed E-state index contributed by atoms with van der Waals surface area (Å²) in [6.45, 7) is 0. The van der Waals surface area contributed by atoms with Gasteiger partial charge in [-0.2, -0.15) is 5.26 Å². The molecule has 0 atom stereocenters. The molecule has 0 aliphatic heterocycles. The third kappa shape index (κ3) is 2.67. The van der Waals surface area contributed by atoms with E-state index in [0.29, 0.717) is 11.1 Å². The minimum atomic E-state index is -3.10. The molecule has 0 heterocycles. The van der Waals surface area contributed by atoms with Crippen LogP contribution < -0.4 is 0 Å². The van der Waals surface area contributed by atoms with Gasteiger partial charge in [0, 0.05) is 0 Å². The summed E-state index contributed by atoms with van der Waals surface area (Å²) >= 11 is 0. The van der Waals surface area contributed by atoms with Crippen LogP contribution in [0.15, 0.2) is 24.3 Å². The van der Waals surface area contributed by atoms with Crippen LogP contribution in [0.25, 0.3) is 0 Å². The van der Waals surface area contributed by atoms with E-state index < -0.39 is 9.84 Å². The van der Waals surface area contributed by atoms with Crippen molar-refractivity contribution in [2.75, 3.05) is 0 Å². The van der Waals surface area contributed by atoms with Crippen LogP contribution in [0.1, 0.15) is 36.8 Å². The molecule has 0 bridgehead atoms. The highest BCUT2D eigenvalue weighted by Crippen LogP contribution is 2.27. The summed E-state index contributed by atoms with van der Waals surface area (Å²) in [5.41, 5.74) is 1.09. The topological polar surface area (TPSA) is 57.9 Å². The van der Waals surface area contributed by atoms with Crippen molar-refractivity contribution >= 4 is 9.84 Å². The Bertz CT molecular complexity index is 537. The van der Waals surface area contributed by atoms with Gasteiger partial charge < -0.3 is 0 Å². The lowest BCUT2D eigenvalue weighted by Crippen LogP contribution is -2.19. The largest absolute Gasteiger partial charge is 0.228 e. The maximum Gasteiger partial charge on any atom is 0.157 e. The van der Waals surface area contributed by atoms with Gasteiger partial charge in [0.05, 0.1) is 22.6 Å². The summed E-state index contributed by atoms with van der Waals surface area (Å²) in [6.07, 6.45) is 3.56. The molecule has 4 heteroatoms. The SMILES string of the molecule is N#Cc1ccccc1CS(=O)(=O)C1CCCC1. The standard InChI is InChI=1S/C13H15NO2S/c14-9-11-5-1-2-6-12(11)10-17(15,16)13-7-3-4-8-13/h1-2,5-6,13H,3-4,7-8,10H2. The first-order valence-electron chi connectivity index (χ1n) is 5.83. The minimum absolute atomic E-state index is 0.00139. The van der Waals surface area contributed by atoms with E-state index in [1.165, 1.54) is 0 Å². The fourth-order valence-electron chi connectivity index (χ4n) is 2.34. The third-order valence-electron chi connectivity index (χ3n) is 3.30. The monoisotopic (exact) mass is 249 g/mol. The fourth-order valence-corrected chi connectivity index (χ4v) is 4.31. The molecule has 2 rings (SSSR count). The second-order valence-corrected chi connectivity index (χ2v) is 6.76.